The van der Waals surface area contributed by atoms with E-state index in [0.717, 1.165) is 46.7 Å². The van der Waals surface area contributed by atoms with E-state index in [9.17, 15) is 14.3 Å². The van der Waals surface area contributed by atoms with Crippen LogP contribution in [0.3, 0.4) is 0 Å². The molecule has 162 valence electrons. The highest BCUT2D eigenvalue weighted by Crippen LogP contribution is 2.52. The van der Waals surface area contributed by atoms with Crippen LogP contribution in [-0.4, -0.2) is 53.0 Å². The van der Waals surface area contributed by atoms with Gasteiger partial charge in [-0.3, -0.25) is 4.99 Å². The van der Waals surface area contributed by atoms with Crippen LogP contribution in [0, 0.1) is 11.8 Å². The van der Waals surface area contributed by atoms with E-state index in [1.807, 2.05) is 13.0 Å². The summed E-state index contributed by atoms with van der Waals surface area (Å²) < 4.78 is 20.0. The Morgan fingerprint density at radius 3 is 2.94 bits per heavy atom. The standard InChI is InChI=1S/C24H26FN3O3/c1-3-24(30)15-6-19-22-14(9-28(19)8-12(15)10-31-23(24)29)20-17(26)5-4-13-11(2)16(25)7-18(27-22)21(13)20/h6-7,13,17,21,30H,3-5,8-10,26H2,1-2H3/t13?,17-,21?,24-/m0/s1. The lowest BCUT2D eigenvalue weighted by Crippen LogP contribution is -2.48. The highest BCUT2D eigenvalue weighted by atomic mass is 19.1. The van der Waals surface area contributed by atoms with Crippen molar-refractivity contribution in [3.63, 3.8) is 0 Å². The van der Waals surface area contributed by atoms with Crippen LogP contribution in [0.2, 0.25) is 0 Å². The Hall–Kier alpha value is -2.51. The molecule has 0 bridgehead atoms. The number of nitrogens with zero attached hydrogens (tertiary/aromatic N) is 2. The van der Waals surface area contributed by atoms with Crippen molar-refractivity contribution in [1.29, 1.82) is 0 Å². The van der Waals surface area contributed by atoms with Gasteiger partial charge >= 0.3 is 5.97 Å². The van der Waals surface area contributed by atoms with Gasteiger partial charge in [0, 0.05) is 36.2 Å². The summed E-state index contributed by atoms with van der Waals surface area (Å²) in [5, 5.41) is 11.1. The van der Waals surface area contributed by atoms with E-state index in [2.05, 4.69) is 4.90 Å². The number of ether oxygens (including phenoxy) is 1. The molecule has 4 heterocycles. The summed E-state index contributed by atoms with van der Waals surface area (Å²) in [5.41, 5.74) is 12.1. The van der Waals surface area contributed by atoms with E-state index >= 15 is 0 Å². The lowest BCUT2D eigenvalue weighted by Gasteiger charge is -2.43. The number of halogens is 1. The molecule has 0 aromatic carbocycles. The number of carbonyl (C=O) groups excluding carboxylic acids is 1. The van der Waals surface area contributed by atoms with Crippen LogP contribution in [0.1, 0.15) is 33.1 Å². The number of allylic oxidation sites excluding steroid dienone is 5. The normalized spacial score (nSPS) is 36.3. The van der Waals surface area contributed by atoms with Gasteiger partial charge in [0.2, 0.25) is 0 Å². The van der Waals surface area contributed by atoms with Gasteiger partial charge in [-0.15, -0.1) is 0 Å². The Balaban J connectivity index is 1.52. The minimum atomic E-state index is -1.64. The number of hydrogen-bond donors (Lipinski definition) is 2. The molecule has 1 saturated heterocycles. The van der Waals surface area contributed by atoms with Crippen LogP contribution in [0.25, 0.3) is 0 Å². The molecule has 6 nitrogen and oxygen atoms in total. The maximum absolute atomic E-state index is 14.7. The van der Waals surface area contributed by atoms with E-state index in [4.69, 9.17) is 15.5 Å². The van der Waals surface area contributed by atoms with Crippen LogP contribution in [0.4, 0.5) is 4.39 Å². The Bertz CT molecular complexity index is 1120. The Morgan fingerprint density at radius 2 is 2.16 bits per heavy atom. The van der Waals surface area contributed by atoms with E-state index in [1.165, 1.54) is 5.57 Å². The summed E-state index contributed by atoms with van der Waals surface area (Å²) in [4.78, 5) is 19.5. The zero-order chi connectivity index (χ0) is 21.7. The maximum Gasteiger partial charge on any atom is 0.343 e. The summed E-state index contributed by atoms with van der Waals surface area (Å²) in [7, 11) is 0. The molecule has 2 unspecified atom stereocenters. The third kappa shape index (κ3) is 2.39. The lowest BCUT2D eigenvalue weighted by atomic mass is 9.65. The van der Waals surface area contributed by atoms with Gasteiger partial charge in [-0.2, -0.15) is 0 Å². The van der Waals surface area contributed by atoms with E-state index in [-0.39, 0.29) is 36.7 Å². The molecule has 7 heteroatoms. The molecule has 4 aliphatic heterocycles. The number of dihydropyridines is 1. The fourth-order valence-electron chi connectivity index (χ4n) is 6.23. The number of rotatable bonds is 1. The summed E-state index contributed by atoms with van der Waals surface area (Å²) >= 11 is 0. The summed E-state index contributed by atoms with van der Waals surface area (Å²) in [6.07, 6.45) is 5.40. The first-order chi connectivity index (χ1) is 14.8. The molecule has 0 radical (unpaired) electrons. The monoisotopic (exact) mass is 423 g/mol. The van der Waals surface area contributed by atoms with Gasteiger partial charge in [0.25, 0.3) is 0 Å². The Morgan fingerprint density at radius 1 is 1.35 bits per heavy atom. The zero-order valence-corrected chi connectivity index (χ0v) is 17.7. The highest BCUT2D eigenvalue weighted by Gasteiger charge is 2.50. The van der Waals surface area contributed by atoms with Crippen molar-refractivity contribution < 1.29 is 19.0 Å². The summed E-state index contributed by atoms with van der Waals surface area (Å²) in [6.45, 7) is 5.11. The van der Waals surface area contributed by atoms with Gasteiger partial charge in [-0.1, -0.05) is 6.92 Å². The average molecular weight is 423 g/mol. The van der Waals surface area contributed by atoms with Gasteiger partial charge < -0.3 is 20.5 Å². The first-order valence-corrected chi connectivity index (χ1v) is 11.1. The molecule has 1 saturated carbocycles. The van der Waals surface area contributed by atoms with Gasteiger partial charge in [0.05, 0.1) is 17.1 Å². The number of nitrogens with two attached hydrogens (primary N) is 1. The first-order valence-electron chi connectivity index (χ1n) is 11.1. The van der Waals surface area contributed by atoms with Crippen LogP contribution < -0.4 is 5.73 Å². The summed E-state index contributed by atoms with van der Waals surface area (Å²) in [5.74, 6) is -0.631. The lowest BCUT2D eigenvalue weighted by molar-refractivity contribution is -0.163. The molecule has 3 N–H and O–H groups in total. The van der Waals surface area contributed by atoms with E-state index in [0.29, 0.717) is 18.7 Å². The molecule has 6 rings (SSSR count). The number of cyclic esters (lactones) is 1. The minimum Gasteiger partial charge on any atom is -0.459 e. The molecule has 2 fully saturated rings. The van der Waals surface area contributed by atoms with Crippen LogP contribution in [0.5, 0.6) is 0 Å². The maximum atomic E-state index is 14.7. The Kier molecular flexibility index (Phi) is 3.88. The number of fused-ring (bicyclic) bond motifs is 3. The van der Waals surface area contributed by atoms with Crippen molar-refractivity contribution in [2.45, 2.75) is 44.8 Å². The van der Waals surface area contributed by atoms with Gasteiger partial charge in [0.1, 0.15) is 12.4 Å². The highest BCUT2D eigenvalue weighted by molar-refractivity contribution is 6.17. The molecule has 0 aromatic rings. The number of aliphatic hydroxyl groups is 1. The van der Waals surface area contributed by atoms with Crippen molar-refractivity contribution in [2.24, 2.45) is 22.6 Å². The topological polar surface area (TPSA) is 88.1 Å². The number of carbonyl (C=O) groups is 1. The second-order valence-electron chi connectivity index (χ2n) is 9.46. The predicted molar refractivity (Wildman–Crippen MR) is 113 cm³/mol. The van der Waals surface area contributed by atoms with Crippen molar-refractivity contribution in [3.05, 3.63) is 57.2 Å². The van der Waals surface area contributed by atoms with Crippen molar-refractivity contribution in [3.8, 4) is 0 Å². The summed E-state index contributed by atoms with van der Waals surface area (Å²) in [6, 6.07) is -0.0684. The average Bonchev–Trinajstić information content (AvgIpc) is 3.11. The number of hydrogen-bond acceptors (Lipinski definition) is 6. The third-order valence-corrected chi connectivity index (χ3v) is 7.98. The molecule has 31 heavy (non-hydrogen) atoms. The van der Waals surface area contributed by atoms with Gasteiger partial charge in [-0.25, -0.2) is 9.18 Å². The fraction of sp³-hybridized carbons (Fsp3) is 0.500. The van der Waals surface area contributed by atoms with Crippen LogP contribution in [0.15, 0.2) is 62.2 Å². The number of esters is 1. The Labute approximate surface area is 180 Å². The molecular formula is C24H26FN3O3. The van der Waals surface area contributed by atoms with E-state index in [1.54, 1.807) is 13.0 Å². The van der Waals surface area contributed by atoms with Crippen molar-refractivity contribution in [1.82, 2.24) is 4.90 Å². The van der Waals surface area contributed by atoms with Crippen molar-refractivity contribution in [2.75, 3.05) is 19.7 Å². The fourth-order valence-corrected chi connectivity index (χ4v) is 6.23. The third-order valence-electron chi connectivity index (χ3n) is 7.98. The second-order valence-corrected chi connectivity index (χ2v) is 9.46. The largest absolute Gasteiger partial charge is 0.459 e. The number of aliphatic imine (C=N–C) groups is 1. The van der Waals surface area contributed by atoms with Crippen LogP contribution >= 0.6 is 0 Å². The predicted octanol–water partition coefficient (Wildman–Crippen LogP) is 2.44. The molecule has 0 spiro atoms. The molecule has 0 amide bonds. The quantitative estimate of drug-likeness (QED) is 0.633. The zero-order valence-electron chi connectivity index (χ0n) is 17.7. The van der Waals surface area contributed by atoms with Gasteiger partial charge in [0.15, 0.2) is 5.60 Å². The van der Waals surface area contributed by atoms with Gasteiger partial charge in [-0.05, 0) is 61.0 Å². The van der Waals surface area contributed by atoms with Crippen molar-refractivity contribution >= 4 is 11.7 Å². The molecule has 4 atom stereocenters. The molecule has 0 aromatic heterocycles. The van der Waals surface area contributed by atoms with E-state index < -0.39 is 11.6 Å². The SMILES string of the molecule is CC[C@@]1(O)C(=O)OCC2=C1C=C1C3=NC4=CC(F)=C(C)C5CC[C@H](N)C(=C3CN1C2)C45. The first kappa shape index (κ1) is 19.2. The smallest absolute Gasteiger partial charge is 0.343 e. The van der Waals surface area contributed by atoms with Crippen LogP contribution in [-0.2, 0) is 9.53 Å². The minimum absolute atomic E-state index is 0.0454. The molecule has 6 aliphatic rings. The second kappa shape index (κ2) is 6.26. The molecule has 2 aliphatic carbocycles. The molecular weight excluding hydrogens is 397 g/mol.